The smallest absolute Gasteiger partial charge is 0.150 e. The molecule has 0 saturated carbocycles. The van der Waals surface area contributed by atoms with Crippen LogP contribution in [0.25, 0.3) is 6.08 Å². The van der Waals surface area contributed by atoms with Crippen molar-refractivity contribution in [2.75, 3.05) is 0 Å². The van der Waals surface area contributed by atoms with Crippen molar-refractivity contribution in [1.82, 2.24) is 0 Å². The lowest BCUT2D eigenvalue weighted by Gasteiger charge is -1.90. The van der Waals surface area contributed by atoms with Gasteiger partial charge in [-0.2, -0.15) is 0 Å². The van der Waals surface area contributed by atoms with E-state index in [1.165, 1.54) is 0 Å². The second-order valence-corrected chi connectivity index (χ2v) is 2.13. The SMILES string of the molecule is C=C=Cc1ccc(C=O)cc1. The molecule has 0 amide bonds. The molecule has 11 heavy (non-hydrogen) atoms. The number of aldehydes is 1. The van der Waals surface area contributed by atoms with Gasteiger partial charge in [0.05, 0.1) is 0 Å². The summed E-state index contributed by atoms with van der Waals surface area (Å²) in [7, 11) is 0. The maximum atomic E-state index is 10.2. The molecule has 1 heteroatoms. The van der Waals surface area contributed by atoms with E-state index in [0.717, 1.165) is 11.8 Å². The molecule has 0 radical (unpaired) electrons. The van der Waals surface area contributed by atoms with Crippen molar-refractivity contribution in [1.29, 1.82) is 0 Å². The van der Waals surface area contributed by atoms with Crippen LogP contribution in [0.3, 0.4) is 0 Å². The largest absolute Gasteiger partial charge is 0.298 e. The van der Waals surface area contributed by atoms with E-state index in [-0.39, 0.29) is 0 Å². The summed E-state index contributed by atoms with van der Waals surface area (Å²) in [6.07, 6.45) is 2.58. The number of rotatable bonds is 2. The van der Waals surface area contributed by atoms with Crippen molar-refractivity contribution in [2.24, 2.45) is 0 Å². The van der Waals surface area contributed by atoms with Crippen LogP contribution in [0.4, 0.5) is 0 Å². The molecule has 0 aliphatic carbocycles. The normalized spacial score (nSPS) is 8.36. The maximum Gasteiger partial charge on any atom is 0.150 e. The molecule has 54 valence electrons. The van der Waals surface area contributed by atoms with E-state index < -0.39 is 0 Å². The Balaban J connectivity index is 2.99. The molecule has 0 aliphatic heterocycles. The minimum absolute atomic E-state index is 0.686. The van der Waals surface area contributed by atoms with Crippen molar-refractivity contribution < 1.29 is 4.79 Å². The average molecular weight is 144 g/mol. The van der Waals surface area contributed by atoms with Crippen LogP contribution in [0.1, 0.15) is 15.9 Å². The molecule has 1 nitrogen and oxygen atoms in total. The van der Waals surface area contributed by atoms with E-state index in [9.17, 15) is 4.79 Å². The summed E-state index contributed by atoms with van der Waals surface area (Å²) in [6.45, 7) is 3.45. The first-order chi connectivity index (χ1) is 5.36. The summed E-state index contributed by atoms with van der Waals surface area (Å²) in [6, 6.07) is 7.22. The topological polar surface area (TPSA) is 17.1 Å². The monoisotopic (exact) mass is 144 g/mol. The molecule has 0 saturated heterocycles. The Hall–Kier alpha value is -1.59. The van der Waals surface area contributed by atoms with Crippen LogP contribution in [0, 0.1) is 0 Å². The number of hydrogen-bond donors (Lipinski definition) is 0. The summed E-state index contributed by atoms with van der Waals surface area (Å²) >= 11 is 0. The lowest BCUT2D eigenvalue weighted by molar-refractivity contribution is 0.112. The third-order valence-electron chi connectivity index (χ3n) is 1.34. The Morgan fingerprint density at radius 3 is 2.18 bits per heavy atom. The summed E-state index contributed by atoms with van der Waals surface area (Å²) in [4.78, 5) is 10.2. The second kappa shape index (κ2) is 3.55. The van der Waals surface area contributed by atoms with Gasteiger partial charge < -0.3 is 0 Å². The van der Waals surface area contributed by atoms with Crippen LogP contribution in [-0.2, 0) is 0 Å². The molecule has 0 fully saturated rings. The molecule has 0 bridgehead atoms. The fraction of sp³-hybridized carbons (Fsp3) is 0. The van der Waals surface area contributed by atoms with Crippen LogP contribution in [-0.4, -0.2) is 6.29 Å². The molecule has 0 unspecified atom stereocenters. The van der Waals surface area contributed by atoms with E-state index in [2.05, 4.69) is 12.3 Å². The van der Waals surface area contributed by atoms with Gasteiger partial charge in [0, 0.05) is 5.56 Å². The van der Waals surface area contributed by atoms with Gasteiger partial charge >= 0.3 is 0 Å². The zero-order chi connectivity index (χ0) is 8.10. The molecule has 0 heterocycles. The first kappa shape index (κ1) is 7.52. The van der Waals surface area contributed by atoms with E-state index in [1.807, 2.05) is 12.1 Å². The standard InChI is InChI=1S/C10H8O/c1-2-3-9-4-6-10(8-11)7-5-9/h3-8H,1H2. The van der Waals surface area contributed by atoms with Gasteiger partial charge in [-0.05, 0) is 11.6 Å². The summed E-state index contributed by atoms with van der Waals surface area (Å²) < 4.78 is 0. The number of hydrogen-bond acceptors (Lipinski definition) is 1. The molecular formula is C10H8O. The van der Waals surface area contributed by atoms with Gasteiger partial charge in [-0.25, -0.2) is 0 Å². The van der Waals surface area contributed by atoms with Gasteiger partial charge in [0.1, 0.15) is 6.29 Å². The third-order valence-corrected chi connectivity index (χ3v) is 1.34. The Morgan fingerprint density at radius 2 is 1.73 bits per heavy atom. The highest BCUT2D eigenvalue weighted by atomic mass is 16.1. The summed E-state index contributed by atoms with van der Waals surface area (Å²) in [5.74, 6) is 0. The Labute approximate surface area is 65.7 Å². The van der Waals surface area contributed by atoms with Crippen LogP contribution in [0.5, 0.6) is 0 Å². The fourth-order valence-corrected chi connectivity index (χ4v) is 0.789. The van der Waals surface area contributed by atoms with Crippen LogP contribution < -0.4 is 0 Å². The molecule has 0 spiro atoms. The minimum atomic E-state index is 0.686. The van der Waals surface area contributed by atoms with Crippen molar-refractivity contribution in [3.05, 3.63) is 47.7 Å². The molecule has 0 atom stereocenters. The van der Waals surface area contributed by atoms with Gasteiger partial charge in [-0.3, -0.25) is 4.79 Å². The molecular weight excluding hydrogens is 136 g/mol. The van der Waals surface area contributed by atoms with Gasteiger partial charge in [0.25, 0.3) is 0 Å². The molecule has 0 aromatic heterocycles. The highest BCUT2D eigenvalue weighted by Crippen LogP contribution is 2.02. The van der Waals surface area contributed by atoms with E-state index in [0.29, 0.717) is 5.56 Å². The Bertz CT molecular complexity index is 289. The highest BCUT2D eigenvalue weighted by molar-refractivity contribution is 5.75. The third kappa shape index (κ3) is 1.92. The average Bonchev–Trinajstić information content (AvgIpc) is 2.07. The Morgan fingerprint density at radius 1 is 1.18 bits per heavy atom. The second-order valence-electron chi connectivity index (χ2n) is 2.13. The zero-order valence-corrected chi connectivity index (χ0v) is 6.08. The molecule has 0 N–H and O–H groups in total. The van der Waals surface area contributed by atoms with E-state index >= 15 is 0 Å². The highest BCUT2D eigenvalue weighted by Gasteiger charge is 1.87. The zero-order valence-electron chi connectivity index (χ0n) is 6.08. The Kier molecular flexibility index (Phi) is 2.42. The van der Waals surface area contributed by atoms with Crippen molar-refractivity contribution in [3.8, 4) is 0 Å². The van der Waals surface area contributed by atoms with Crippen LogP contribution in [0.2, 0.25) is 0 Å². The number of carbonyl (C=O) groups excluding carboxylic acids is 1. The van der Waals surface area contributed by atoms with E-state index in [1.54, 1.807) is 18.2 Å². The van der Waals surface area contributed by atoms with Crippen molar-refractivity contribution in [3.63, 3.8) is 0 Å². The first-order valence-electron chi connectivity index (χ1n) is 3.28. The molecule has 1 rings (SSSR count). The lowest BCUT2D eigenvalue weighted by atomic mass is 10.1. The lowest BCUT2D eigenvalue weighted by Crippen LogP contribution is -1.77. The minimum Gasteiger partial charge on any atom is -0.298 e. The molecule has 1 aromatic rings. The maximum absolute atomic E-state index is 10.2. The summed E-state index contributed by atoms with van der Waals surface area (Å²) in [5.41, 5.74) is 4.35. The number of benzene rings is 1. The van der Waals surface area contributed by atoms with Gasteiger partial charge in [0.2, 0.25) is 0 Å². The van der Waals surface area contributed by atoms with Crippen molar-refractivity contribution in [2.45, 2.75) is 0 Å². The fourth-order valence-electron chi connectivity index (χ4n) is 0.789. The van der Waals surface area contributed by atoms with Crippen LogP contribution >= 0.6 is 0 Å². The van der Waals surface area contributed by atoms with Gasteiger partial charge in [-0.1, -0.05) is 30.8 Å². The summed E-state index contributed by atoms with van der Waals surface area (Å²) in [5, 5.41) is 0. The number of carbonyl (C=O) groups is 1. The molecule has 0 aliphatic rings. The molecule has 1 aromatic carbocycles. The van der Waals surface area contributed by atoms with Crippen LogP contribution in [0.15, 0.2) is 36.6 Å². The predicted octanol–water partition coefficient (Wildman–Crippen LogP) is 2.30. The quantitative estimate of drug-likeness (QED) is 0.459. The predicted molar refractivity (Wildman–Crippen MR) is 45.4 cm³/mol. The first-order valence-corrected chi connectivity index (χ1v) is 3.28. The van der Waals surface area contributed by atoms with E-state index in [4.69, 9.17) is 0 Å². The van der Waals surface area contributed by atoms with Gasteiger partial charge in [-0.15, -0.1) is 5.73 Å². The van der Waals surface area contributed by atoms with Crippen molar-refractivity contribution >= 4 is 12.4 Å². The van der Waals surface area contributed by atoms with Gasteiger partial charge in [0.15, 0.2) is 0 Å².